The van der Waals surface area contributed by atoms with Crippen LogP contribution < -0.4 is 32.3 Å². The normalized spacial score (nSPS) is 19.4. The lowest BCUT2D eigenvalue weighted by atomic mass is 9.93. The Hall–Kier alpha value is -5.70. The quantitative estimate of drug-likeness (QED) is 0.0550. The number of aryl methyl sites for hydroxylation is 2. The molecule has 2 fully saturated rings. The number of nitrogens with one attached hydrogen (secondary N) is 5. The monoisotopic (exact) mass is 982 g/mol. The highest BCUT2D eigenvalue weighted by molar-refractivity contribution is 6.00. The lowest BCUT2D eigenvalue weighted by Gasteiger charge is -2.26. The summed E-state index contributed by atoms with van der Waals surface area (Å²) in [5.41, 5.74) is 5.01. The average molecular weight is 983 g/mol. The van der Waals surface area contributed by atoms with Gasteiger partial charge in [0, 0.05) is 40.6 Å². The summed E-state index contributed by atoms with van der Waals surface area (Å²) >= 11 is 0. The third-order valence-electron chi connectivity index (χ3n) is 10.1. The number of carboxylic acids is 1. The number of hydrogen-bond donors (Lipinski definition) is 7. The van der Waals surface area contributed by atoms with Crippen molar-refractivity contribution >= 4 is 47.1 Å². The molecular weight excluding hydrogens is 913 g/mol. The molecule has 8 atom stereocenters. The van der Waals surface area contributed by atoms with Gasteiger partial charge in [-0.25, -0.2) is 4.79 Å². The molecule has 2 aliphatic rings. The first-order chi connectivity index (χ1) is 32.3. The fraction of sp³-hybridized carbons (Fsp3) is 0.682. The Kier molecular flexibility index (Phi) is 24.2. The largest absolute Gasteiger partial charge is 0.475 e. The average Bonchev–Trinajstić information content (AvgIpc) is 4.11. The summed E-state index contributed by atoms with van der Waals surface area (Å²) in [7, 11) is 5.59. The molecule has 8 N–H and O–H groups in total. The van der Waals surface area contributed by atoms with Crippen LogP contribution in [0.3, 0.4) is 0 Å². The zero-order valence-corrected chi connectivity index (χ0v) is 41.4. The molecule has 0 spiro atoms. The van der Waals surface area contributed by atoms with Gasteiger partial charge in [0.2, 0.25) is 35.1 Å². The van der Waals surface area contributed by atoms with Gasteiger partial charge in [-0.2, -0.15) is 0 Å². The number of hydrogen-bond acceptors (Lipinski definition) is 19. The van der Waals surface area contributed by atoms with E-state index in [-0.39, 0.29) is 61.4 Å². The SMILES string of the molecule is COC[C@H](NC(=O)[C@@H](N)COC)C(=O)N[C@@H](CC(C)C)C(=O)[C@@]1(C)CO1.COC[C@H](NC(=O)c1cc(C)no1)C(=O)N[C@@H](COC)C(=O)N[C@@H](CC(C)C)C(=O)[C@@]1(C)CO1.Cc1cc(C(=O)O)on1. The predicted molar refractivity (Wildman–Crippen MR) is 242 cm³/mol. The zero-order chi connectivity index (χ0) is 52.2. The number of nitrogens with zero attached hydrogens (tertiary/aromatic N) is 2. The lowest BCUT2D eigenvalue weighted by molar-refractivity contribution is -0.134. The van der Waals surface area contributed by atoms with Crippen LogP contribution >= 0.6 is 0 Å². The number of carbonyl (C=O) groups excluding carboxylic acids is 7. The number of Topliss-reactive ketones (excluding diaryl/α,β-unsaturated/α-hetero) is 2. The first kappa shape index (κ1) is 59.4. The number of methoxy groups -OCH3 is 4. The maximum Gasteiger partial charge on any atom is 0.374 e. The maximum atomic E-state index is 13.0. The van der Waals surface area contributed by atoms with Crippen molar-refractivity contribution in [3.8, 4) is 0 Å². The Morgan fingerprint density at radius 1 is 0.594 bits per heavy atom. The second kappa shape index (κ2) is 28.1. The summed E-state index contributed by atoms with van der Waals surface area (Å²) in [5.74, 6) is -4.30. The third-order valence-corrected chi connectivity index (χ3v) is 10.1. The van der Waals surface area contributed by atoms with E-state index in [2.05, 4.69) is 41.4 Å². The number of ether oxygens (including phenoxy) is 6. The van der Waals surface area contributed by atoms with Gasteiger partial charge in [0.25, 0.3) is 5.91 Å². The van der Waals surface area contributed by atoms with Crippen LogP contribution in [0.4, 0.5) is 0 Å². The zero-order valence-electron chi connectivity index (χ0n) is 41.4. The van der Waals surface area contributed by atoms with Crippen LogP contribution in [0, 0.1) is 25.7 Å². The number of rotatable bonds is 27. The van der Waals surface area contributed by atoms with Crippen molar-refractivity contribution in [3.05, 3.63) is 35.0 Å². The molecule has 0 radical (unpaired) electrons. The number of carboxylic acid groups (broad SMARTS) is 1. The van der Waals surface area contributed by atoms with Crippen LogP contribution in [0.2, 0.25) is 0 Å². The fourth-order valence-corrected chi connectivity index (χ4v) is 6.21. The van der Waals surface area contributed by atoms with Gasteiger partial charge in [-0.15, -0.1) is 0 Å². The van der Waals surface area contributed by atoms with Crippen molar-refractivity contribution < 1.29 is 80.9 Å². The third kappa shape index (κ3) is 20.0. The van der Waals surface area contributed by atoms with E-state index in [4.69, 9.17) is 43.8 Å². The van der Waals surface area contributed by atoms with E-state index >= 15 is 0 Å². The summed E-state index contributed by atoms with van der Waals surface area (Å²) < 4.78 is 39.7. The molecule has 0 aliphatic carbocycles. The molecule has 5 amide bonds. The summed E-state index contributed by atoms with van der Waals surface area (Å²) in [5, 5.41) is 28.3. The van der Waals surface area contributed by atoms with Crippen LogP contribution in [0.15, 0.2) is 21.2 Å². The molecule has 4 rings (SSSR count). The molecule has 2 saturated heterocycles. The van der Waals surface area contributed by atoms with Crippen LogP contribution in [0.25, 0.3) is 0 Å². The minimum absolute atomic E-state index is 0.0251. The van der Waals surface area contributed by atoms with E-state index in [1.165, 1.54) is 40.6 Å². The van der Waals surface area contributed by atoms with E-state index in [0.717, 1.165) is 0 Å². The standard InChI is InChI=1S/C22H34N4O8.C17H31N3O6.C5H5NO3/c1-12(2)7-14(18(27)22(4)11-33-22)23-19(28)15(9-31-5)24-20(29)16(10-32-6)25-21(30)17-8-13(3)26-34-17;1-10(2)6-12(14(21)17(3)9-26-17)19-16(23)13(8-25-5)20-15(22)11(18)7-24-4;1-3-2-4(5(7)8)9-6-3/h8,12,14-16H,7,9-11H2,1-6H3,(H,23,28)(H,24,29)(H,25,30);10-13H,6-9,18H2,1-5H3,(H,19,23)(H,20,22);2H,1H3,(H,7,8)/t14-,15-,16-,22+;11-,12-,13-,17+;/m00./s1. The highest BCUT2D eigenvalue weighted by atomic mass is 16.6. The second-order valence-corrected chi connectivity index (χ2v) is 17.7. The van der Waals surface area contributed by atoms with Crippen molar-refractivity contribution in [2.75, 3.05) is 68.1 Å². The molecule has 0 aromatic carbocycles. The summed E-state index contributed by atoms with van der Waals surface area (Å²) in [6, 6.07) is -2.79. The van der Waals surface area contributed by atoms with Crippen molar-refractivity contribution in [2.24, 2.45) is 17.6 Å². The highest BCUT2D eigenvalue weighted by Gasteiger charge is 2.51. The molecule has 4 heterocycles. The molecule has 2 aromatic heterocycles. The Balaban J connectivity index is 0.000000409. The molecule has 0 bridgehead atoms. The summed E-state index contributed by atoms with van der Waals surface area (Å²) in [4.78, 5) is 98.4. The molecule has 25 heteroatoms. The first-order valence-electron chi connectivity index (χ1n) is 22.0. The van der Waals surface area contributed by atoms with Gasteiger partial charge in [-0.3, -0.25) is 33.6 Å². The predicted octanol–water partition coefficient (Wildman–Crippen LogP) is -0.591. The number of amides is 5. The fourth-order valence-electron chi connectivity index (χ4n) is 6.21. The maximum absolute atomic E-state index is 13.0. The molecule has 25 nitrogen and oxygen atoms in total. The van der Waals surface area contributed by atoms with Gasteiger partial charge in [-0.1, -0.05) is 38.0 Å². The van der Waals surface area contributed by atoms with Crippen molar-refractivity contribution in [1.29, 1.82) is 0 Å². The molecule has 2 aromatic rings. The Bertz CT molecular complexity index is 2030. The molecule has 388 valence electrons. The Morgan fingerprint density at radius 3 is 1.22 bits per heavy atom. The molecule has 2 aliphatic heterocycles. The van der Waals surface area contributed by atoms with Crippen molar-refractivity contribution in [3.63, 3.8) is 0 Å². The summed E-state index contributed by atoms with van der Waals surface area (Å²) in [6.45, 7) is 14.8. The van der Waals surface area contributed by atoms with Crippen molar-refractivity contribution in [2.45, 2.75) is 116 Å². The minimum atomic E-state index is -1.12. The summed E-state index contributed by atoms with van der Waals surface area (Å²) in [6.07, 6.45) is 0.885. The van der Waals surface area contributed by atoms with Gasteiger partial charge in [-0.05, 0) is 52.4 Å². The lowest BCUT2D eigenvalue weighted by Crippen LogP contribution is -2.58. The van der Waals surface area contributed by atoms with E-state index < -0.39 is 83.0 Å². The molecule has 69 heavy (non-hydrogen) atoms. The van der Waals surface area contributed by atoms with Crippen LogP contribution in [0.5, 0.6) is 0 Å². The van der Waals surface area contributed by atoms with Crippen LogP contribution in [-0.2, 0) is 57.2 Å². The highest BCUT2D eigenvalue weighted by Crippen LogP contribution is 2.30. The number of carbonyl (C=O) groups is 8. The number of nitrogens with two attached hydrogens (primary N) is 1. The van der Waals surface area contributed by atoms with Crippen LogP contribution in [-0.4, -0.2) is 178 Å². The van der Waals surface area contributed by atoms with Gasteiger partial charge in [0.15, 0.2) is 11.6 Å². The topological polar surface area (TPSA) is 357 Å². The second-order valence-electron chi connectivity index (χ2n) is 17.7. The number of ketones is 2. The van der Waals surface area contributed by atoms with Gasteiger partial charge in [0.1, 0.15) is 35.4 Å². The number of aromatic nitrogens is 2. The molecule has 0 unspecified atom stereocenters. The van der Waals surface area contributed by atoms with E-state index in [1.807, 2.05) is 27.7 Å². The smallest absolute Gasteiger partial charge is 0.374 e. The van der Waals surface area contributed by atoms with E-state index in [9.17, 15) is 38.4 Å². The first-order valence-corrected chi connectivity index (χ1v) is 22.0. The number of epoxide rings is 2. The molecular formula is C44H70N8O17. The van der Waals surface area contributed by atoms with Gasteiger partial charge < -0.3 is 74.9 Å². The van der Waals surface area contributed by atoms with Crippen molar-refractivity contribution in [1.82, 2.24) is 36.9 Å². The van der Waals surface area contributed by atoms with Crippen LogP contribution in [0.1, 0.15) is 86.9 Å². The van der Waals surface area contributed by atoms with Gasteiger partial charge >= 0.3 is 5.97 Å². The Morgan fingerprint density at radius 2 is 0.928 bits per heavy atom. The van der Waals surface area contributed by atoms with E-state index in [0.29, 0.717) is 37.4 Å². The molecule has 0 saturated carbocycles. The van der Waals surface area contributed by atoms with E-state index in [1.54, 1.807) is 27.7 Å². The van der Waals surface area contributed by atoms with Gasteiger partial charge in [0.05, 0.1) is 63.1 Å². The Labute approximate surface area is 400 Å². The number of aromatic carboxylic acids is 1. The minimum Gasteiger partial charge on any atom is -0.475 e.